The van der Waals surface area contributed by atoms with E-state index < -0.39 is 23.1 Å². The largest absolute Gasteiger partial charge is 0.329 e. The van der Waals surface area contributed by atoms with Gasteiger partial charge in [-0.2, -0.15) is 9.78 Å². The first-order valence-corrected chi connectivity index (χ1v) is 14.7. The maximum atomic E-state index is 12.1. The minimum absolute atomic E-state index is 0.0987. The lowest BCUT2D eigenvalue weighted by Crippen LogP contribution is -2.44. The number of hydrogen-bond acceptors (Lipinski definition) is 12. The van der Waals surface area contributed by atoms with Gasteiger partial charge in [-0.1, -0.05) is 6.92 Å². The van der Waals surface area contributed by atoms with Crippen molar-refractivity contribution in [3.8, 4) is 0 Å². The van der Waals surface area contributed by atoms with E-state index >= 15 is 0 Å². The summed E-state index contributed by atoms with van der Waals surface area (Å²) in [6.45, 7) is 17.9. The number of carbonyl (C=O) groups excluding carboxylic acids is 4. The molecule has 0 aromatic carbocycles. The lowest BCUT2D eigenvalue weighted by molar-refractivity contribution is -0.522. The van der Waals surface area contributed by atoms with Crippen LogP contribution < -0.4 is 0 Å². The SMILES string of the molecule is CCC(C)(C)OOC(CCN1C(=O)C(C)=C(C)C1=O)(OC)OC.COC(CCN1C(=O)C(C)=C(C)C1=O)(OC)OOC(C)(C)C. The van der Waals surface area contributed by atoms with Gasteiger partial charge in [0.05, 0.1) is 24.0 Å². The predicted octanol–water partition coefficient (Wildman–Crippen LogP) is 3.94. The Hall–Kier alpha value is -2.56. The molecule has 2 rings (SSSR count). The summed E-state index contributed by atoms with van der Waals surface area (Å²) < 4.78 is 21.0. The van der Waals surface area contributed by atoms with Crippen LogP contribution in [0.25, 0.3) is 0 Å². The van der Waals surface area contributed by atoms with Crippen molar-refractivity contribution in [1.82, 2.24) is 9.80 Å². The van der Waals surface area contributed by atoms with Crippen LogP contribution in [0.15, 0.2) is 22.3 Å². The molecular formula is C31H52N2O12. The Morgan fingerprint density at radius 3 is 1.04 bits per heavy atom. The summed E-state index contributed by atoms with van der Waals surface area (Å²) in [6.07, 6.45) is 0.966. The van der Waals surface area contributed by atoms with E-state index in [-0.39, 0.29) is 49.6 Å². The van der Waals surface area contributed by atoms with E-state index in [4.69, 9.17) is 38.5 Å². The van der Waals surface area contributed by atoms with Crippen molar-refractivity contribution >= 4 is 23.6 Å². The highest BCUT2D eigenvalue weighted by Crippen LogP contribution is 2.28. The van der Waals surface area contributed by atoms with Gasteiger partial charge >= 0.3 is 11.9 Å². The molecule has 0 bridgehead atoms. The zero-order chi connectivity index (χ0) is 35.0. The van der Waals surface area contributed by atoms with Crippen LogP contribution >= 0.6 is 0 Å². The number of amides is 4. The molecule has 0 unspecified atom stereocenters. The number of ether oxygens (including phenoxy) is 4. The standard InChI is InChI=1S/C16H27NO6.C15H25NO6/c1-8-15(4,5)22-23-16(20-6,21-7)9-10-17-13(18)11(2)12(3)14(17)19;1-10-11(2)13(18)16(12(10)17)9-8-15(19-6,20-7)22-21-14(3,4)5/h8-10H2,1-7H3;8-9H2,1-7H3. The molecule has 2 aliphatic heterocycles. The number of nitrogens with zero attached hydrogens (tertiary/aromatic N) is 2. The second-order valence-electron chi connectivity index (χ2n) is 12.3. The average Bonchev–Trinajstić information content (AvgIpc) is 3.31. The van der Waals surface area contributed by atoms with Crippen molar-refractivity contribution in [2.24, 2.45) is 0 Å². The molecule has 2 aliphatic rings. The van der Waals surface area contributed by atoms with E-state index in [0.717, 1.165) is 16.2 Å². The molecule has 2 heterocycles. The molecular weight excluding hydrogens is 592 g/mol. The number of imide groups is 2. The molecule has 0 aromatic heterocycles. The molecule has 0 spiro atoms. The topological polar surface area (TPSA) is 149 Å². The Kier molecular flexibility index (Phi) is 14.7. The Labute approximate surface area is 266 Å². The predicted molar refractivity (Wildman–Crippen MR) is 161 cm³/mol. The average molecular weight is 645 g/mol. The normalized spacial score (nSPS) is 16.8. The first kappa shape index (κ1) is 40.5. The Morgan fingerprint density at radius 1 is 0.511 bits per heavy atom. The van der Waals surface area contributed by atoms with Crippen molar-refractivity contribution in [2.45, 2.75) is 112 Å². The van der Waals surface area contributed by atoms with Gasteiger partial charge in [-0.3, -0.25) is 29.0 Å². The van der Waals surface area contributed by atoms with Gasteiger partial charge in [-0.25, -0.2) is 9.78 Å². The van der Waals surface area contributed by atoms with E-state index in [2.05, 4.69) is 0 Å². The fourth-order valence-corrected chi connectivity index (χ4v) is 3.76. The first-order valence-electron chi connectivity index (χ1n) is 14.7. The molecule has 14 heteroatoms. The summed E-state index contributed by atoms with van der Waals surface area (Å²) in [5, 5.41) is 0. The molecule has 45 heavy (non-hydrogen) atoms. The summed E-state index contributed by atoms with van der Waals surface area (Å²) in [5.41, 5.74) is 0.751. The van der Waals surface area contributed by atoms with E-state index in [9.17, 15) is 19.2 Å². The first-order chi connectivity index (χ1) is 20.7. The summed E-state index contributed by atoms with van der Waals surface area (Å²) in [5.74, 6) is -4.19. The number of rotatable bonds is 16. The third-order valence-corrected chi connectivity index (χ3v) is 7.58. The quantitative estimate of drug-likeness (QED) is 0.104. The zero-order valence-electron chi connectivity index (χ0n) is 29.3. The van der Waals surface area contributed by atoms with Crippen LogP contribution in [0.1, 0.15) is 88.5 Å². The Morgan fingerprint density at radius 2 is 0.800 bits per heavy atom. The lowest BCUT2D eigenvalue weighted by Gasteiger charge is -2.33. The van der Waals surface area contributed by atoms with Crippen LogP contribution in [0.4, 0.5) is 0 Å². The smallest absolute Gasteiger partial charge is 0.313 e. The van der Waals surface area contributed by atoms with Gasteiger partial charge in [-0.05, 0) is 68.7 Å². The van der Waals surface area contributed by atoms with E-state index in [1.165, 1.54) is 28.4 Å². The minimum atomic E-state index is -1.49. The highest BCUT2D eigenvalue weighted by Gasteiger charge is 2.41. The van der Waals surface area contributed by atoms with Crippen molar-refractivity contribution in [3.05, 3.63) is 22.3 Å². The van der Waals surface area contributed by atoms with E-state index in [0.29, 0.717) is 22.3 Å². The van der Waals surface area contributed by atoms with E-state index in [1.807, 2.05) is 41.5 Å². The third-order valence-electron chi connectivity index (χ3n) is 7.58. The Balaban J connectivity index is 0.000000450. The molecule has 4 amide bonds. The fraction of sp³-hybridized carbons (Fsp3) is 0.742. The second kappa shape index (κ2) is 16.3. The van der Waals surface area contributed by atoms with Gasteiger partial charge < -0.3 is 18.9 Å². The molecule has 14 nitrogen and oxygen atoms in total. The summed E-state index contributed by atoms with van der Waals surface area (Å²) in [4.78, 5) is 71.8. The van der Waals surface area contributed by atoms with Crippen LogP contribution in [0.2, 0.25) is 0 Å². The van der Waals surface area contributed by atoms with Crippen LogP contribution in [-0.2, 0) is 57.7 Å². The summed E-state index contributed by atoms with van der Waals surface area (Å²) >= 11 is 0. The summed E-state index contributed by atoms with van der Waals surface area (Å²) in [7, 11) is 5.62. The van der Waals surface area contributed by atoms with Crippen molar-refractivity contribution in [3.63, 3.8) is 0 Å². The van der Waals surface area contributed by atoms with Crippen LogP contribution in [0.5, 0.6) is 0 Å². The fourth-order valence-electron chi connectivity index (χ4n) is 3.76. The molecule has 0 saturated heterocycles. The second-order valence-corrected chi connectivity index (χ2v) is 12.3. The van der Waals surface area contributed by atoms with Crippen molar-refractivity contribution in [1.29, 1.82) is 0 Å². The molecule has 0 saturated carbocycles. The van der Waals surface area contributed by atoms with Crippen LogP contribution in [0, 0.1) is 0 Å². The maximum absolute atomic E-state index is 12.1. The highest BCUT2D eigenvalue weighted by molar-refractivity contribution is 6.19. The van der Waals surface area contributed by atoms with E-state index in [1.54, 1.807) is 27.7 Å². The molecule has 0 atom stereocenters. The Bertz CT molecular complexity index is 1100. The highest BCUT2D eigenvalue weighted by atomic mass is 17.3. The molecule has 0 N–H and O–H groups in total. The molecule has 0 aromatic rings. The van der Waals surface area contributed by atoms with Gasteiger partial charge in [0.2, 0.25) is 0 Å². The van der Waals surface area contributed by atoms with Crippen molar-refractivity contribution in [2.75, 3.05) is 41.5 Å². The molecule has 0 aliphatic carbocycles. The number of carbonyl (C=O) groups is 4. The summed E-state index contributed by atoms with van der Waals surface area (Å²) in [6, 6.07) is 0. The monoisotopic (exact) mass is 644 g/mol. The number of hydrogen-bond donors (Lipinski definition) is 0. The zero-order valence-corrected chi connectivity index (χ0v) is 29.3. The van der Waals surface area contributed by atoms with Gasteiger partial charge in [0.25, 0.3) is 23.6 Å². The number of methoxy groups -OCH3 is 4. The van der Waals surface area contributed by atoms with Crippen LogP contribution in [0.3, 0.4) is 0 Å². The van der Waals surface area contributed by atoms with Gasteiger partial charge in [0.1, 0.15) is 0 Å². The van der Waals surface area contributed by atoms with Gasteiger partial charge in [0.15, 0.2) is 0 Å². The van der Waals surface area contributed by atoms with Crippen molar-refractivity contribution < 1.29 is 57.7 Å². The molecule has 258 valence electrons. The third kappa shape index (κ3) is 10.5. The maximum Gasteiger partial charge on any atom is 0.313 e. The van der Waals surface area contributed by atoms with Gasteiger partial charge in [0, 0.05) is 63.8 Å². The molecule has 0 radical (unpaired) electrons. The minimum Gasteiger partial charge on any atom is -0.329 e. The lowest BCUT2D eigenvalue weighted by atomic mass is 10.1. The molecule has 0 fully saturated rings. The van der Waals surface area contributed by atoms with Gasteiger partial charge in [-0.15, -0.1) is 0 Å². The van der Waals surface area contributed by atoms with Crippen LogP contribution in [-0.4, -0.2) is 98.1 Å².